The van der Waals surface area contributed by atoms with Gasteiger partial charge in [0.05, 0.1) is 5.75 Å². The van der Waals surface area contributed by atoms with Crippen LogP contribution in [-0.4, -0.2) is 31.4 Å². The van der Waals surface area contributed by atoms with Gasteiger partial charge in [0, 0.05) is 29.3 Å². The van der Waals surface area contributed by atoms with Crippen LogP contribution in [-0.2, 0) is 4.79 Å². The van der Waals surface area contributed by atoms with Gasteiger partial charge in [-0.05, 0) is 54.3 Å². The van der Waals surface area contributed by atoms with Gasteiger partial charge < -0.3 is 5.32 Å². The number of carbonyl (C=O) groups excluding carboxylic acids is 1. The highest BCUT2D eigenvalue weighted by molar-refractivity contribution is 7.99. The summed E-state index contributed by atoms with van der Waals surface area (Å²) in [6.45, 7) is 4.37. The average Bonchev–Trinajstić information content (AvgIpc) is 3.28. The molecule has 0 fully saturated rings. The fourth-order valence-corrected chi connectivity index (χ4v) is 4.06. The van der Waals surface area contributed by atoms with Gasteiger partial charge in [0.2, 0.25) is 5.91 Å². The van der Waals surface area contributed by atoms with E-state index in [0.717, 1.165) is 23.4 Å². The summed E-state index contributed by atoms with van der Waals surface area (Å²) in [4.78, 5) is 16.8. The predicted molar refractivity (Wildman–Crippen MR) is 129 cm³/mol. The lowest BCUT2D eigenvalue weighted by atomic mass is 9.99. The van der Waals surface area contributed by atoms with E-state index in [9.17, 15) is 4.79 Å². The lowest BCUT2D eigenvalue weighted by Crippen LogP contribution is -2.14. The Morgan fingerprint density at radius 3 is 2.50 bits per heavy atom. The first-order valence-corrected chi connectivity index (χ1v) is 11.6. The highest BCUT2D eigenvalue weighted by Gasteiger charge is 2.17. The Balaban J connectivity index is 1.50. The molecule has 1 amide bonds. The summed E-state index contributed by atoms with van der Waals surface area (Å²) in [6.07, 6.45) is 4.57. The zero-order valence-electron chi connectivity index (χ0n) is 18.1. The number of nitrogens with zero attached hydrogens (tertiary/aromatic N) is 4. The Morgan fingerprint density at radius 1 is 1.03 bits per heavy atom. The average molecular weight is 444 g/mol. The minimum atomic E-state index is -0.0863. The van der Waals surface area contributed by atoms with Crippen molar-refractivity contribution in [3.63, 3.8) is 0 Å². The highest BCUT2D eigenvalue weighted by atomic mass is 32.2. The van der Waals surface area contributed by atoms with Gasteiger partial charge >= 0.3 is 0 Å². The molecule has 0 radical (unpaired) electrons. The maximum atomic E-state index is 12.6. The van der Waals surface area contributed by atoms with Crippen molar-refractivity contribution in [3.8, 4) is 17.1 Å². The van der Waals surface area contributed by atoms with Crippen LogP contribution in [0.3, 0.4) is 0 Å². The number of pyridine rings is 1. The van der Waals surface area contributed by atoms with Crippen LogP contribution in [0.5, 0.6) is 0 Å². The van der Waals surface area contributed by atoms with Crippen LogP contribution < -0.4 is 5.32 Å². The van der Waals surface area contributed by atoms with Crippen molar-refractivity contribution in [2.75, 3.05) is 11.1 Å². The Kier molecular flexibility index (Phi) is 6.97. The summed E-state index contributed by atoms with van der Waals surface area (Å²) in [5.41, 5.74) is 3.86. The third-order valence-electron chi connectivity index (χ3n) is 5.28. The summed E-state index contributed by atoms with van der Waals surface area (Å²) in [5.74, 6) is 1.34. The lowest BCUT2D eigenvalue weighted by molar-refractivity contribution is -0.113. The molecule has 0 aliphatic rings. The van der Waals surface area contributed by atoms with Gasteiger partial charge in [0.1, 0.15) is 0 Å². The SMILES string of the molecule is CCC(C)c1ccc(NC(=O)CSc2nnc(-c3cccnc3)n2-c2ccccc2)cc1. The van der Waals surface area contributed by atoms with E-state index in [-0.39, 0.29) is 11.7 Å². The largest absolute Gasteiger partial charge is 0.325 e. The number of amides is 1. The number of carbonyl (C=O) groups is 1. The second-order valence-electron chi connectivity index (χ2n) is 7.49. The Hall–Kier alpha value is -3.45. The van der Waals surface area contributed by atoms with Gasteiger partial charge in [-0.15, -0.1) is 10.2 Å². The molecular formula is C25H25N5OS. The molecule has 162 valence electrons. The van der Waals surface area contributed by atoms with E-state index in [1.807, 2.05) is 59.2 Å². The van der Waals surface area contributed by atoms with Crippen LogP contribution in [0.25, 0.3) is 17.1 Å². The molecule has 4 rings (SSSR count). The lowest BCUT2D eigenvalue weighted by Gasteiger charge is -2.11. The van der Waals surface area contributed by atoms with Crippen LogP contribution in [0.15, 0.2) is 84.3 Å². The summed E-state index contributed by atoms with van der Waals surface area (Å²) in [6, 6.07) is 21.7. The van der Waals surface area contributed by atoms with Crippen molar-refractivity contribution >= 4 is 23.4 Å². The summed E-state index contributed by atoms with van der Waals surface area (Å²) in [7, 11) is 0. The third kappa shape index (κ3) is 5.06. The molecule has 2 aromatic heterocycles. The molecule has 0 saturated carbocycles. The van der Waals surface area contributed by atoms with Gasteiger partial charge in [0.25, 0.3) is 0 Å². The second kappa shape index (κ2) is 10.2. The van der Waals surface area contributed by atoms with Crippen LogP contribution in [0, 0.1) is 0 Å². The number of nitrogens with one attached hydrogen (secondary N) is 1. The monoisotopic (exact) mass is 443 g/mol. The van der Waals surface area contributed by atoms with Crippen molar-refractivity contribution in [3.05, 3.63) is 84.7 Å². The first-order valence-electron chi connectivity index (χ1n) is 10.6. The van der Waals surface area contributed by atoms with Crippen molar-refractivity contribution in [1.29, 1.82) is 0 Å². The van der Waals surface area contributed by atoms with Gasteiger partial charge in [-0.2, -0.15) is 0 Å². The first-order chi connectivity index (χ1) is 15.7. The molecule has 0 aliphatic heterocycles. The van der Waals surface area contributed by atoms with Crippen molar-refractivity contribution in [2.45, 2.75) is 31.3 Å². The van der Waals surface area contributed by atoms with E-state index in [0.29, 0.717) is 16.9 Å². The van der Waals surface area contributed by atoms with E-state index in [1.54, 1.807) is 12.4 Å². The third-order valence-corrected chi connectivity index (χ3v) is 6.20. The molecule has 2 heterocycles. The number of aromatic nitrogens is 4. The van der Waals surface area contributed by atoms with Crippen LogP contribution >= 0.6 is 11.8 Å². The highest BCUT2D eigenvalue weighted by Crippen LogP contribution is 2.28. The van der Waals surface area contributed by atoms with E-state index in [4.69, 9.17) is 0 Å². The van der Waals surface area contributed by atoms with Crippen LogP contribution in [0.2, 0.25) is 0 Å². The number of thioether (sulfide) groups is 1. The summed E-state index contributed by atoms with van der Waals surface area (Å²) >= 11 is 1.35. The van der Waals surface area contributed by atoms with E-state index < -0.39 is 0 Å². The van der Waals surface area contributed by atoms with Gasteiger partial charge in [-0.3, -0.25) is 14.3 Å². The number of rotatable bonds is 8. The smallest absolute Gasteiger partial charge is 0.234 e. The number of benzene rings is 2. The molecule has 6 nitrogen and oxygen atoms in total. The second-order valence-corrected chi connectivity index (χ2v) is 8.43. The van der Waals surface area contributed by atoms with Crippen LogP contribution in [0.4, 0.5) is 5.69 Å². The van der Waals surface area contributed by atoms with E-state index in [1.165, 1.54) is 17.3 Å². The van der Waals surface area contributed by atoms with Gasteiger partial charge in [0.15, 0.2) is 11.0 Å². The molecule has 2 aromatic carbocycles. The Bertz CT molecular complexity index is 1160. The van der Waals surface area contributed by atoms with Crippen LogP contribution in [0.1, 0.15) is 31.7 Å². The molecular weight excluding hydrogens is 418 g/mol. The topological polar surface area (TPSA) is 72.7 Å². The molecule has 1 N–H and O–H groups in total. The number of hydrogen-bond acceptors (Lipinski definition) is 5. The van der Waals surface area contributed by atoms with Crippen molar-refractivity contribution in [2.24, 2.45) is 0 Å². The summed E-state index contributed by atoms with van der Waals surface area (Å²) in [5, 5.41) is 12.4. The van der Waals surface area contributed by atoms with E-state index in [2.05, 4.69) is 46.5 Å². The molecule has 0 bridgehead atoms. The predicted octanol–water partition coefficient (Wildman–Crippen LogP) is 5.57. The van der Waals surface area contributed by atoms with E-state index >= 15 is 0 Å². The normalized spacial score (nSPS) is 11.8. The molecule has 7 heteroatoms. The zero-order chi connectivity index (χ0) is 22.3. The minimum absolute atomic E-state index is 0.0863. The van der Waals surface area contributed by atoms with Crippen molar-refractivity contribution in [1.82, 2.24) is 19.7 Å². The number of anilines is 1. The fraction of sp³-hybridized carbons (Fsp3) is 0.200. The number of hydrogen-bond donors (Lipinski definition) is 1. The molecule has 1 atom stereocenters. The molecule has 0 saturated heterocycles. The minimum Gasteiger partial charge on any atom is -0.325 e. The maximum Gasteiger partial charge on any atom is 0.234 e. The Labute approximate surface area is 192 Å². The molecule has 1 unspecified atom stereocenters. The number of para-hydroxylation sites is 1. The molecule has 0 spiro atoms. The standard InChI is InChI=1S/C25H25N5OS/c1-3-18(2)19-11-13-21(14-12-19)27-23(31)17-32-25-29-28-24(20-8-7-15-26-16-20)30(25)22-9-5-4-6-10-22/h4-16,18H,3,17H2,1-2H3,(H,27,31). The summed E-state index contributed by atoms with van der Waals surface area (Å²) < 4.78 is 1.95. The first kappa shape index (κ1) is 21.8. The quantitative estimate of drug-likeness (QED) is 0.360. The maximum absolute atomic E-state index is 12.6. The van der Waals surface area contributed by atoms with Gasteiger partial charge in [-0.1, -0.05) is 55.9 Å². The molecule has 32 heavy (non-hydrogen) atoms. The molecule has 0 aliphatic carbocycles. The molecule has 4 aromatic rings. The fourth-order valence-electron chi connectivity index (χ4n) is 3.31. The van der Waals surface area contributed by atoms with Crippen molar-refractivity contribution < 1.29 is 4.79 Å². The Morgan fingerprint density at radius 2 is 1.81 bits per heavy atom. The zero-order valence-corrected chi connectivity index (χ0v) is 18.9. The van der Waals surface area contributed by atoms with Gasteiger partial charge in [-0.25, -0.2) is 0 Å².